The van der Waals surface area contributed by atoms with Crippen LogP contribution in [0.2, 0.25) is 0 Å². The molecule has 2 nitrogen and oxygen atoms in total. The van der Waals surface area contributed by atoms with E-state index in [-0.39, 0.29) is 17.3 Å². The maximum absolute atomic E-state index is 11.9. The molecule has 1 aliphatic carbocycles. The van der Waals surface area contributed by atoms with E-state index in [9.17, 15) is 4.79 Å². The van der Waals surface area contributed by atoms with Gasteiger partial charge in [0.1, 0.15) is 11.9 Å². The topological polar surface area (TPSA) is 26.3 Å². The first-order chi connectivity index (χ1) is 6.98. The van der Waals surface area contributed by atoms with E-state index >= 15 is 0 Å². The Balaban J connectivity index is 2.33. The van der Waals surface area contributed by atoms with Crippen molar-refractivity contribution in [2.24, 2.45) is 5.41 Å². The monoisotopic (exact) mass is 206 g/mol. The Morgan fingerprint density at radius 3 is 2.87 bits per heavy atom. The number of ether oxygens (including phenoxy) is 1. The number of rotatable bonds is 0. The van der Waals surface area contributed by atoms with Gasteiger partial charge in [-0.1, -0.05) is 19.9 Å². The van der Waals surface area contributed by atoms with Gasteiger partial charge in [0.05, 0.1) is 0 Å². The van der Waals surface area contributed by atoms with Crippen molar-refractivity contribution in [3.63, 3.8) is 0 Å². The minimum Gasteiger partial charge on any atom is -0.491 e. The molecule has 0 N–H and O–H groups in total. The highest BCUT2D eigenvalue weighted by Crippen LogP contribution is 2.39. The number of hydrogen-bond donors (Lipinski definition) is 0. The van der Waals surface area contributed by atoms with Crippen LogP contribution in [0.5, 0.6) is 0 Å². The molecule has 0 saturated heterocycles. The maximum Gasteiger partial charge on any atom is 0.163 e. The lowest BCUT2D eigenvalue weighted by Crippen LogP contribution is -2.27. The SMILES string of the molecule is CC1C=CCC2=C(CC(C)(C)CC2=O)O1. The molecule has 0 spiro atoms. The first kappa shape index (κ1) is 10.5. The van der Waals surface area contributed by atoms with Gasteiger partial charge in [-0.05, 0) is 24.8 Å². The Morgan fingerprint density at radius 2 is 2.13 bits per heavy atom. The summed E-state index contributed by atoms with van der Waals surface area (Å²) in [5.41, 5.74) is 0.954. The first-order valence-corrected chi connectivity index (χ1v) is 5.56. The summed E-state index contributed by atoms with van der Waals surface area (Å²) in [6.45, 7) is 6.26. The maximum atomic E-state index is 11.9. The summed E-state index contributed by atoms with van der Waals surface area (Å²) in [5, 5.41) is 0. The van der Waals surface area contributed by atoms with Crippen LogP contribution in [0.1, 0.15) is 40.0 Å². The molecular formula is C13H18O2. The average Bonchev–Trinajstić information content (AvgIpc) is 2.23. The van der Waals surface area contributed by atoms with Gasteiger partial charge in [0.15, 0.2) is 5.78 Å². The Kier molecular flexibility index (Phi) is 2.45. The van der Waals surface area contributed by atoms with E-state index in [0.717, 1.165) is 24.2 Å². The van der Waals surface area contributed by atoms with Gasteiger partial charge in [0.25, 0.3) is 0 Å². The number of allylic oxidation sites excluding steroid dienone is 3. The zero-order chi connectivity index (χ0) is 11.1. The van der Waals surface area contributed by atoms with E-state index in [2.05, 4.69) is 13.8 Å². The lowest BCUT2D eigenvalue weighted by molar-refractivity contribution is -0.118. The third kappa shape index (κ3) is 2.14. The normalized spacial score (nSPS) is 29.5. The van der Waals surface area contributed by atoms with Gasteiger partial charge in [-0.3, -0.25) is 4.79 Å². The van der Waals surface area contributed by atoms with Crippen LogP contribution in [0.4, 0.5) is 0 Å². The summed E-state index contributed by atoms with van der Waals surface area (Å²) in [6, 6.07) is 0. The predicted octanol–water partition coefficient (Wildman–Crippen LogP) is 2.99. The van der Waals surface area contributed by atoms with Crippen LogP contribution >= 0.6 is 0 Å². The number of hydrogen-bond acceptors (Lipinski definition) is 2. The molecule has 15 heavy (non-hydrogen) atoms. The molecule has 0 radical (unpaired) electrons. The summed E-state index contributed by atoms with van der Waals surface area (Å²) >= 11 is 0. The molecule has 1 heterocycles. The molecule has 82 valence electrons. The van der Waals surface area contributed by atoms with E-state index in [1.807, 2.05) is 19.1 Å². The smallest absolute Gasteiger partial charge is 0.163 e. The zero-order valence-electron chi connectivity index (χ0n) is 9.67. The molecular weight excluding hydrogens is 188 g/mol. The molecule has 1 aliphatic heterocycles. The highest BCUT2D eigenvalue weighted by molar-refractivity contribution is 5.97. The second kappa shape index (κ2) is 3.51. The average molecular weight is 206 g/mol. The third-order valence-electron chi connectivity index (χ3n) is 3.01. The van der Waals surface area contributed by atoms with E-state index in [1.165, 1.54) is 0 Å². The molecule has 1 atom stereocenters. The van der Waals surface area contributed by atoms with E-state index in [4.69, 9.17) is 4.74 Å². The van der Waals surface area contributed by atoms with Gasteiger partial charge in [0.2, 0.25) is 0 Å². The summed E-state index contributed by atoms with van der Waals surface area (Å²) in [5.74, 6) is 1.19. The fraction of sp³-hybridized carbons (Fsp3) is 0.615. The van der Waals surface area contributed by atoms with E-state index in [0.29, 0.717) is 6.42 Å². The largest absolute Gasteiger partial charge is 0.491 e. The standard InChI is InChI=1S/C13H18O2/c1-9-5-4-6-10-11(14)7-13(2,3)8-12(10)15-9/h4-5,9H,6-8H2,1-3H3. The second-order valence-corrected chi connectivity index (χ2v) is 5.30. The number of ketones is 1. The van der Waals surface area contributed by atoms with Crippen LogP contribution < -0.4 is 0 Å². The lowest BCUT2D eigenvalue weighted by atomic mass is 9.76. The molecule has 1 unspecified atom stereocenters. The second-order valence-electron chi connectivity index (χ2n) is 5.30. The number of Topliss-reactive ketones (excluding diaryl/α,β-unsaturated/α-hetero) is 1. The Bertz CT molecular complexity index is 348. The molecule has 2 rings (SSSR count). The Morgan fingerprint density at radius 1 is 1.40 bits per heavy atom. The van der Waals surface area contributed by atoms with Crippen molar-refractivity contribution in [1.82, 2.24) is 0 Å². The van der Waals surface area contributed by atoms with Gasteiger partial charge in [0, 0.05) is 18.4 Å². The van der Waals surface area contributed by atoms with Crippen LogP contribution in [0.3, 0.4) is 0 Å². The molecule has 0 aromatic heterocycles. The first-order valence-electron chi connectivity index (χ1n) is 5.56. The van der Waals surface area contributed by atoms with Crippen molar-refractivity contribution < 1.29 is 9.53 Å². The van der Waals surface area contributed by atoms with E-state index < -0.39 is 0 Å². The molecule has 0 aromatic rings. The van der Waals surface area contributed by atoms with Gasteiger partial charge in [-0.2, -0.15) is 0 Å². The van der Waals surface area contributed by atoms with Crippen molar-refractivity contribution in [2.45, 2.75) is 46.1 Å². The molecule has 2 aliphatic rings. The minimum atomic E-state index is 0.0555. The number of carbonyl (C=O) groups excluding carboxylic acids is 1. The summed E-state index contributed by atoms with van der Waals surface area (Å²) in [7, 11) is 0. The molecule has 0 amide bonds. The van der Waals surface area contributed by atoms with Crippen molar-refractivity contribution in [3.05, 3.63) is 23.5 Å². The Hall–Kier alpha value is -1.05. The molecule has 0 bridgehead atoms. The van der Waals surface area contributed by atoms with Gasteiger partial charge < -0.3 is 4.74 Å². The van der Waals surface area contributed by atoms with Crippen molar-refractivity contribution >= 4 is 5.78 Å². The van der Waals surface area contributed by atoms with Crippen LogP contribution in [0.25, 0.3) is 0 Å². The summed E-state index contributed by atoms with van der Waals surface area (Å²) in [6.07, 6.45) is 6.45. The minimum absolute atomic E-state index is 0.0555. The van der Waals surface area contributed by atoms with Crippen LogP contribution in [-0.2, 0) is 9.53 Å². The molecule has 0 saturated carbocycles. The molecule has 0 fully saturated rings. The fourth-order valence-corrected chi connectivity index (χ4v) is 2.28. The van der Waals surface area contributed by atoms with Gasteiger partial charge >= 0.3 is 0 Å². The highest BCUT2D eigenvalue weighted by Gasteiger charge is 2.34. The van der Waals surface area contributed by atoms with Gasteiger partial charge in [-0.25, -0.2) is 0 Å². The highest BCUT2D eigenvalue weighted by atomic mass is 16.5. The van der Waals surface area contributed by atoms with Crippen LogP contribution in [0.15, 0.2) is 23.5 Å². The quantitative estimate of drug-likeness (QED) is 0.569. The summed E-state index contributed by atoms with van der Waals surface area (Å²) < 4.78 is 5.79. The predicted molar refractivity (Wildman–Crippen MR) is 59.4 cm³/mol. The summed E-state index contributed by atoms with van der Waals surface area (Å²) in [4.78, 5) is 11.9. The number of carbonyl (C=O) groups is 1. The third-order valence-corrected chi connectivity index (χ3v) is 3.01. The van der Waals surface area contributed by atoms with Crippen LogP contribution in [0, 0.1) is 5.41 Å². The molecule has 2 heteroatoms. The van der Waals surface area contributed by atoms with Gasteiger partial charge in [-0.15, -0.1) is 0 Å². The van der Waals surface area contributed by atoms with Crippen molar-refractivity contribution in [1.29, 1.82) is 0 Å². The van der Waals surface area contributed by atoms with Crippen molar-refractivity contribution in [2.75, 3.05) is 0 Å². The van der Waals surface area contributed by atoms with E-state index in [1.54, 1.807) is 0 Å². The van der Waals surface area contributed by atoms with Crippen LogP contribution in [-0.4, -0.2) is 11.9 Å². The van der Waals surface area contributed by atoms with Crippen molar-refractivity contribution in [3.8, 4) is 0 Å². The Labute approximate surface area is 91.0 Å². The fourth-order valence-electron chi connectivity index (χ4n) is 2.28. The molecule has 0 aromatic carbocycles. The lowest BCUT2D eigenvalue weighted by Gasteiger charge is -2.31. The zero-order valence-corrected chi connectivity index (χ0v) is 9.67.